The fourth-order valence-electron chi connectivity index (χ4n) is 3.78. The van der Waals surface area contributed by atoms with Crippen molar-refractivity contribution < 1.29 is 9.53 Å². The second-order valence-corrected chi connectivity index (χ2v) is 8.84. The summed E-state index contributed by atoms with van der Waals surface area (Å²) in [5.74, 6) is 0.581. The van der Waals surface area contributed by atoms with Crippen molar-refractivity contribution in [3.63, 3.8) is 0 Å². The van der Waals surface area contributed by atoms with Gasteiger partial charge in [-0.2, -0.15) is 0 Å². The van der Waals surface area contributed by atoms with Crippen LogP contribution in [0, 0.1) is 0 Å². The lowest BCUT2D eigenvalue weighted by Gasteiger charge is -2.36. The van der Waals surface area contributed by atoms with Crippen molar-refractivity contribution >= 4 is 12.1 Å². The first-order valence-corrected chi connectivity index (χ1v) is 10.6. The first kappa shape index (κ1) is 21.4. The Bertz CT molecular complexity index is 720. The zero-order valence-electron chi connectivity index (χ0n) is 18.1. The van der Waals surface area contributed by atoms with Crippen molar-refractivity contribution in [1.29, 1.82) is 0 Å². The molecule has 2 aliphatic rings. The molecule has 3 rings (SSSR count). The fraction of sp³-hybridized carbons (Fsp3) is 0.636. The highest BCUT2D eigenvalue weighted by Gasteiger charge is 2.26. The van der Waals surface area contributed by atoms with Gasteiger partial charge in [-0.3, -0.25) is 9.89 Å². The number of hydrogen-bond acceptors (Lipinski definition) is 4. The van der Waals surface area contributed by atoms with Crippen LogP contribution in [-0.2, 0) is 17.7 Å². The zero-order valence-corrected chi connectivity index (χ0v) is 18.1. The summed E-state index contributed by atoms with van der Waals surface area (Å²) in [4.78, 5) is 23.0. The van der Waals surface area contributed by atoms with Gasteiger partial charge in [-0.05, 0) is 44.7 Å². The molecule has 0 bridgehead atoms. The number of nitrogens with two attached hydrogens (primary N) is 1. The van der Waals surface area contributed by atoms with Crippen molar-refractivity contribution in [2.75, 3.05) is 45.8 Å². The van der Waals surface area contributed by atoms with Crippen LogP contribution in [0.1, 0.15) is 38.3 Å². The van der Waals surface area contributed by atoms with Gasteiger partial charge in [0.1, 0.15) is 5.60 Å². The van der Waals surface area contributed by atoms with Gasteiger partial charge < -0.3 is 20.3 Å². The molecular weight excluding hydrogens is 366 g/mol. The van der Waals surface area contributed by atoms with Gasteiger partial charge in [-0.1, -0.05) is 24.3 Å². The van der Waals surface area contributed by atoms with Gasteiger partial charge in [0.25, 0.3) is 0 Å². The molecule has 0 atom stereocenters. The SMILES string of the molecule is CC(C)(C)OC(=O)N1CCN(C(N)=NCCCN2CCc3ccccc3C2)CC1. The molecule has 0 saturated carbocycles. The number of carbonyl (C=O) groups excluding carboxylic acids is 1. The summed E-state index contributed by atoms with van der Waals surface area (Å²) in [5.41, 5.74) is 8.65. The van der Waals surface area contributed by atoms with Crippen molar-refractivity contribution in [1.82, 2.24) is 14.7 Å². The Kier molecular flexibility index (Phi) is 7.00. The predicted molar refractivity (Wildman–Crippen MR) is 116 cm³/mol. The number of aliphatic imine (C=N–C) groups is 1. The maximum absolute atomic E-state index is 12.1. The average molecular weight is 402 g/mol. The number of carbonyl (C=O) groups is 1. The van der Waals surface area contributed by atoms with E-state index in [4.69, 9.17) is 10.5 Å². The number of amides is 1. The molecule has 7 nitrogen and oxygen atoms in total. The molecular formula is C22H35N5O2. The van der Waals surface area contributed by atoms with E-state index in [0.29, 0.717) is 32.1 Å². The van der Waals surface area contributed by atoms with E-state index in [1.165, 1.54) is 11.1 Å². The van der Waals surface area contributed by atoms with E-state index in [1.807, 2.05) is 20.8 Å². The summed E-state index contributed by atoms with van der Waals surface area (Å²) in [6, 6.07) is 8.71. The van der Waals surface area contributed by atoms with Crippen molar-refractivity contribution in [3.05, 3.63) is 35.4 Å². The van der Waals surface area contributed by atoms with Crippen LogP contribution >= 0.6 is 0 Å². The minimum atomic E-state index is -0.467. The number of benzene rings is 1. The maximum Gasteiger partial charge on any atom is 0.410 e. The second-order valence-electron chi connectivity index (χ2n) is 8.84. The number of fused-ring (bicyclic) bond motifs is 1. The minimum absolute atomic E-state index is 0.254. The highest BCUT2D eigenvalue weighted by atomic mass is 16.6. The Morgan fingerprint density at radius 2 is 1.72 bits per heavy atom. The zero-order chi connectivity index (χ0) is 20.9. The molecule has 1 fully saturated rings. The van der Waals surface area contributed by atoms with Crippen LogP contribution in [0.3, 0.4) is 0 Å². The molecule has 1 aromatic rings. The Morgan fingerprint density at radius 1 is 1.07 bits per heavy atom. The van der Waals surface area contributed by atoms with E-state index < -0.39 is 5.60 Å². The van der Waals surface area contributed by atoms with Crippen LogP contribution in [0.4, 0.5) is 4.79 Å². The first-order valence-electron chi connectivity index (χ1n) is 10.6. The number of rotatable bonds is 4. The van der Waals surface area contributed by atoms with Crippen molar-refractivity contribution in [2.24, 2.45) is 10.7 Å². The summed E-state index contributed by atoms with van der Waals surface area (Å²) in [7, 11) is 0. The number of piperazine rings is 1. The lowest BCUT2D eigenvalue weighted by atomic mass is 10.00. The highest BCUT2D eigenvalue weighted by molar-refractivity contribution is 5.78. The van der Waals surface area contributed by atoms with Crippen LogP contribution in [0.15, 0.2) is 29.3 Å². The van der Waals surface area contributed by atoms with Crippen LogP contribution in [0.2, 0.25) is 0 Å². The summed E-state index contributed by atoms with van der Waals surface area (Å²) in [5, 5.41) is 0. The Balaban J connectivity index is 1.36. The van der Waals surface area contributed by atoms with Gasteiger partial charge in [0.05, 0.1) is 0 Å². The molecule has 160 valence electrons. The number of hydrogen-bond donors (Lipinski definition) is 1. The lowest BCUT2D eigenvalue weighted by molar-refractivity contribution is 0.0186. The molecule has 0 radical (unpaired) electrons. The van der Waals surface area contributed by atoms with E-state index in [2.05, 4.69) is 39.1 Å². The third-order valence-electron chi connectivity index (χ3n) is 5.37. The molecule has 1 aromatic carbocycles. The van der Waals surface area contributed by atoms with Crippen molar-refractivity contribution in [3.8, 4) is 0 Å². The Morgan fingerprint density at radius 3 is 2.41 bits per heavy atom. The molecule has 0 spiro atoms. The number of nitrogens with zero attached hydrogens (tertiary/aromatic N) is 4. The molecule has 1 saturated heterocycles. The van der Waals surface area contributed by atoms with Gasteiger partial charge in [-0.25, -0.2) is 4.79 Å². The first-order chi connectivity index (χ1) is 13.8. The summed E-state index contributed by atoms with van der Waals surface area (Å²) < 4.78 is 5.43. The smallest absolute Gasteiger partial charge is 0.410 e. The van der Waals surface area contributed by atoms with E-state index in [0.717, 1.165) is 39.0 Å². The summed E-state index contributed by atoms with van der Waals surface area (Å²) in [6.45, 7) is 12.2. The third kappa shape index (κ3) is 6.35. The Hall–Kier alpha value is -2.28. The second kappa shape index (κ2) is 9.48. The topological polar surface area (TPSA) is 74.4 Å². The van der Waals surface area contributed by atoms with Crippen LogP contribution in [0.25, 0.3) is 0 Å². The lowest BCUT2D eigenvalue weighted by Crippen LogP contribution is -2.53. The van der Waals surface area contributed by atoms with Crippen LogP contribution < -0.4 is 5.73 Å². The number of ether oxygens (including phenoxy) is 1. The van der Waals surface area contributed by atoms with E-state index in [1.54, 1.807) is 4.90 Å². The number of guanidine groups is 1. The molecule has 0 unspecified atom stereocenters. The quantitative estimate of drug-likeness (QED) is 0.476. The summed E-state index contributed by atoms with van der Waals surface area (Å²) in [6.07, 6.45) is 1.88. The Labute approximate surface area is 174 Å². The van der Waals surface area contributed by atoms with Crippen molar-refractivity contribution in [2.45, 2.75) is 45.8 Å². The normalized spacial score (nSPS) is 18.5. The molecule has 2 aliphatic heterocycles. The maximum atomic E-state index is 12.1. The van der Waals surface area contributed by atoms with Crippen LogP contribution in [-0.4, -0.2) is 78.2 Å². The predicted octanol–water partition coefficient (Wildman–Crippen LogP) is 2.30. The van der Waals surface area contributed by atoms with E-state index >= 15 is 0 Å². The average Bonchev–Trinajstić information content (AvgIpc) is 2.70. The van der Waals surface area contributed by atoms with Gasteiger partial charge in [0.15, 0.2) is 5.96 Å². The third-order valence-corrected chi connectivity index (χ3v) is 5.37. The standard InChI is InChI=1S/C22H35N5O2/c1-22(2,3)29-21(28)27-15-13-26(14-16-27)20(23)24-10-6-11-25-12-9-18-7-4-5-8-19(18)17-25/h4-5,7-8H,6,9-17H2,1-3H3,(H2,23,24). The molecule has 1 amide bonds. The molecule has 0 aliphatic carbocycles. The largest absolute Gasteiger partial charge is 0.444 e. The summed E-state index contributed by atoms with van der Waals surface area (Å²) >= 11 is 0. The molecule has 2 heterocycles. The highest BCUT2D eigenvalue weighted by Crippen LogP contribution is 2.18. The van der Waals surface area contributed by atoms with E-state index in [-0.39, 0.29) is 6.09 Å². The molecule has 29 heavy (non-hydrogen) atoms. The molecule has 2 N–H and O–H groups in total. The van der Waals surface area contributed by atoms with E-state index in [9.17, 15) is 4.79 Å². The fourth-order valence-corrected chi connectivity index (χ4v) is 3.78. The van der Waals surface area contributed by atoms with Gasteiger partial charge >= 0.3 is 6.09 Å². The van der Waals surface area contributed by atoms with Gasteiger partial charge in [-0.15, -0.1) is 0 Å². The van der Waals surface area contributed by atoms with Gasteiger partial charge in [0, 0.05) is 52.4 Å². The van der Waals surface area contributed by atoms with Crippen LogP contribution in [0.5, 0.6) is 0 Å². The van der Waals surface area contributed by atoms with Gasteiger partial charge in [0.2, 0.25) is 0 Å². The molecule has 7 heteroatoms. The monoisotopic (exact) mass is 401 g/mol. The minimum Gasteiger partial charge on any atom is -0.444 e. The molecule has 0 aromatic heterocycles.